The second kappa shape index (κ2) is 5.63. The molecule has 2 rings (SSSR count). The molecule has 0 saturated heterocycles. The largest absolute Gasteiger partial charge is 0.399 e. The second-order valence-corrected chi connectivity index (χ2v) is 8.60. The summed E-state index contributed by atoms with van der Waals surface area (Å²) in [6.07, 6.45) is 2.75. The van der Waals surface area contributed by atoms with Gasteiger partial charge in [0.1, 0.15) is 4.90 Å². The molecule has 0 bridgehead atoms. The molecule has 0 aliphatic carbocycles. The van der Waals surface area contributed by atoms with Crippen molar-refractivity contribution in [3.63, 3.8) is 0 Å². The molecular formula is C15H21ClN2O2S. The molecule has 2 N–H and O–H groups in total. The highest BCUT2D eigenvalue weighted by atomic mass is 35.5. The lowest BCUT2D eigenvalue weighted by Crippen LogP contribution is -2.36. The Morgan fingerprint density at radius 1 is 1.29 bits per heavy atom. The first kappa shape index (κ1) is 16.3. The molecule has 116 valence electrons. The lowest BCUT2D eigenvalue weighted by molar-refractivity contribution is 0.389. The van der Waals surface area contributed by atoms with E-state index < -0.39 is 10.0 Å². The number of nitrogens with zero attached hydrogens (tertiary/aromatic N) is 1. The van der Waals surface area contributed by atoms with Gasteiger partial charge in [-0.2, -0.15) is 4.31 Å². The van der Waals surface area contributed by atoms with Crippen molar-refractivity contribution in [1.82, 2.24) is 4.31 Å². The minimum Gasteiger partial charge on any atom is -0.399 e. The SMILES string of the molecule is CC(C)(C)C1=CCN(S(=O)(=O)c2ccc(N)cc2Cl)CC1. The van der Waals surface area contributed by atoms with Gasteiger partial charge in [-0.25, -0.2) is 8.42 Å². The number of rotatable bonds is 2. The second-order valence-electron chi connectivity index (χ2n) is 6.28. The summed E-state index contributed by atoms with van der Waals surface area (Å²) in [4.78, 5) is 0.117. The molecule has 0 fully saturated rings. The van der Waals surface area contributed by atoms with Crippen molar-refractivity contribution >= 4 is 27.3 Å². The molecule has 1 aromatic carbocycles. The average molecular weight is 329 g/mol. The molecule has 1 heterocycles. The van der Waals surface area contributed by atoms with Crippen LogP contribution in [0.15, 0.2) is 34.7 Å². The zero-order chi connectivity index (χ0) is 15.8. The summed E-state index contributed by atoms with van der Waals surface area (Å²) in [5.41, 5.74) is 7.43. The van der Waals surface area contributed by atoms with E-state index in [0.717, 1.165) is 6.42 Å². The fourth-order valence-electron chi connectivity index (χ4n) is 2.42. The molecule has 0 atom stereocenters. The number of hydrogen-bond donors (Lipinski definition) is 1. The van der Waals surface area contributed by atoms with Crippen molar-refractivity contribution in [2.45, 2.75) is 32.1 Å². The third kappa shape index (κ3) is 3.42. The van der Waals surface area contributed by atoms with Crippen molar-refractivity contribution in [2.24, 2.45) is 5.41 Å². The first-order valence-electron chi connectivity index (χ1n) is 6.87. The molecule has 0 saturated carbocycles. The summed E-state index contributed by atoms with van der Waals surface area (Å²) in [6, 6.07) is 4.49. The van der Waals surface area contributed by atoms with Gasteiger partial charge in [0.15, 0.2) is 0 Å². The topological polar surface area (TPSA) is 63.4 Å². The highest BCUT2D eigenvalue weighted by Crippen LogP contribution is 2.33. The highest BCUT2D eigenvalue weighted by Gasteiger charge is 2.30. The van der Waals surface area contributed by atoms with Crippen LogP contribution >= 0.6 is 11.6 Å². The Kier molecular flexibility index (Phi) is 4.38. The van der Waals surface area contributed by atoms with Crippen molar-refractivity contribution in [3.05, 3.63) is 34.9 Å². The average Bonchev–Trinajstić information content (AvgIpc) is 2.37. The number of benzene rings is 1. The van der Waals surface area contributed by atoms with Gasteiger partial charge in [0.05, 0.1) is 5.02 Å². The summed E-state index contributed by atoms with van der Waals surface area (Å²) in [6.45, 7) is 7.28. The zero-order valence-corrected chi connectivity index (χ0v) is 14.1. The maximum atomic E-state index is 12.6. The van der Waals surface area contributed by atoms with Gasteiger partial charge in [-0.3, -0.25) is 0 Å². The van der Waals surface area contributed by atoms with E-state index >= 15 is 0 Å². The van der Waals surface area contributed by atoms with E-state index in [1.807, 2.05) is 6.08 Å². The van der Waals surface area contributed by atoms with E-state index in [0.29, 0.717) is 18.8 Å². The first-order chi connectivity index (χ1) is 9.62. The molecule has 1 aliphatic heterocycles. The van der Waals surface area contributed by atoms with Crippen LogP contribution in [0.5, 0.6) is 0 Å². The molecule has 0 amide bonds. The van der Waals surface area contributed by atoms with Gasteiger partial charge in [0, 0.05) is 18.8 Å². The van der Waals surface area contributed by atoms with Crippen LogP contribution in [0.2, 0.25) is 5.02 Å². The van der Waals surface area contributed by atoms with E-state index in [1.165, 1.54) is 22.0 Å². The lowest BCUT2D eigenvalue weighted by Gasteiger charge is -2.31. The Hall–Kier alpha value is -1.04. The summed E-state index contributed by atoms with van der Waals surface area (Å²) in [5.74, 6) is 0. The third-order valence-corrected chi connectivity index (χ3v) is 6.06. The van der Waals surface area contributed by atoms with Gasteiger partial charge in [0.2, 0.25) is 10.0 Å². The number of nitrogen functional groups attached to an aromatic ring is 1. The lowest BCUT2D eigenvalue weighted by atomic mass is 9.83. The van der Waals surface area contributed by atoms with Gasteiger partial charge in [-0.05, 0) is 30.0 Å². The Balaban J connectivity index is 2.29. The van der Waals surface area contributed by atoms with Crippen LogP contribution in [-0.4, -0.2) is 25.8 Å². The fourth-order valence-corrected chi connectivity index (χ4v) is 4.32. The standard InChI is InChI=1S/C15H21ClN2O2S/c1-15(2,3)11-6-8-18(9-7-11)21(19,20)14-5-4-12(17)10-13(14)16/h4-6,10H,7-9,17H2,1-3H3. The van der Waals surface area contributed by atoms with Crippen LogP contribution < -0.4 is 5.73 Å². The van der Waals surface area contributed by atoms with Gasteiger partial charge in [-0.15, -0.1) is 0 Å². The third-order valence-electron chi connectivity index (χ3n) is 3.71. The van der Waals surface area contributed by atoms with E-state index in [2.05, 4.69) is 20.8 Å². The van der Waals surface area contributed by atoms with Crippen molar-refractivity contribution < 1.29 is 8.42 Å². The smallest absolute Gasteiger partial charge is 0.244 e. The van der Waals surface area contributed by atoms with Crippen molar-refractivity contribution in [1.29, 1.82) is 0 Å². The summed E-state index contributed by atoms with van der Waals surface area (Å²) in [7, 11) is -3.58. The van der Waals surface area contributed by atoms with Crippen LogP contribution in [0.3, 0.4) is 0 Å². The van der Waals surface area contributed by atoms with E-state index in [1.54, 1.807) is 6.07 Å². The number of sulfonamides is 1. The molecular weight excluding hydrogens is 308 g/mol. The molecule has 4 nitrogen and oxygen atoms in total. The predicted octanol–water partition coefficient (Wildman–Crippen LogP) is 3.29. The summed E-state index contributed by atoms with van der Waals surface area (Å²) in [5, 5.41) is 0.167. The van der Waals surface area contributed by atoms with Crippen LogP contribution in [0.1, 0.15) is 27.2 Å². The van der Waals surface area contributed by atoms with E-state index in [4.69, 9.17) is 17.3 Å². The van der Waals surface area contributed by atoms with Gasteiger partial charge < -0.3 is 5.73 Å². The van der Waals surface area contributed by atoms with E-state index in [-0.39, 0.29) is 15.3 Å². The Labute approximate surface area is 131 Å². The number of hydrogen-bond acceptors (Lipinski definition) is 3. The summed E-state index contributed by atoms with van der Waals surface area (Å²) < 4.78 is 26.8. The quantitative estimate of drug-likeness (QED) is 0.669. The molecule has 0 aromatic heterocycles. The van der Waals surface area contributed by atoms with Crippen LogP contribution in [0, 0.1) is 5.41 Å². The zero-order valence-electron chi connectivity index (χ0n) is 12.6. The van der Waals surface area contributed by atoms with Gasteiger partial charge in [0.25, 0.3) is 0 Å². The van der Waals surface area contributed by atoms with Gasteiger partial charge >= 0.3 is 0 Å². The van der Waals surface area contributed by atoms with Crippen LogP contribution in [0.25, 0.3) is 0 Å². The Bertz CT molecular complexity index is 675. The minimum absolute atomic E-state index is 0.0781. The van der Waals surface area contributed by atoms with Crippen LogP contribution in [0.4, 0.5) is 5.69 Å². The number of halogens is 1. The molecule has 1 aromatic rings. The maximum Gasteiger partial charge on any atom is 0.244 e. The van der Waals surface area contributed by atoms with E-state index in [9.17, 15) is 8.42 Å². The molecule has 1 aliphatic rings. The Morgan fingerprint density at radius 2 is 1.95 bits per heavy atom. The molecule has 0 unspecified atom stereocenters. The normalized spacial score (nSPS) is 17.6. The van der Waals surface area contributed by atoms with Crippen LogP contribution in [-0.2, 0) is 10.0 Å². The molecule has 6 heteroatoms. The maximum absolute atomic E-state index is 12.6. The molecule has 0 radical (unpaired) electrons. The summed E-state index contributed by atoms with van der Waals surface area (Å²) >= 11 is 6.03. The predicted molar refractivity (Wildman–Crippen MR) is 86.8 cm³/mol. The highest BCUT2D eigenvalue weighted by molar-refractivity contribution is 7.89. The first-order valence-corrected chi connectivity index (χ1v) is 8.69. The van der Waals surface area contributed by atoms with Crippen molar-refractivity contribution in [2.75, 3.05) is 18.8 Å². The molecule has 21 heavy (non-hydrogen) atoms. The minimum atomic E-state index is -3.58. The van der Waals surface area contributed by atoms with Gasteiger partial charge in [-0.1, -0.05) is 44.0 Å². The fraction of sp³-hybridized carbons (Fsp3) is 0.467. The number of nitrogens with two attached hydrogens (primary N) is 1. The molecule has 0 spiro atoms. The monoisotopic (exact) mass is 328 g/mol. The Morgan fingerprint density at radius 3 is 2.43 bits per heavy atom. The van der Waals surface area contributed by atoms with Crippen molar-refractivity contribution in [3.8, 4) is 0 Å². The number of anilines is 1.